The molecule has 0 radical (unpaired) electrons. The third kappa shape index (κ3) is 2.72. The van der Waals surface area contributed by atoms with Gasteiger partial charge in [0.1, 0.15) is 5.38 Å². The zero-order valence-corrected chi connectivity index (χ0v) is 10.1. The normalized spacial score (nSPS) is 12.5. The van der Waals surface area contributed by atoms with Gasteiger partial charge in [0.25, 0.3) is 0 Å². The lowest BCUT2D eigenvalue weighted by Gasteiger charge is -2.09. The second-order valence-corrected chi connectivity index (χ2v) is 4.44. The summed E-state index contributed by atoms with van der Waals surface area (Å²) in [5.41, 5.74) is 7.21. The van der Waals surface area contributed by atoms with Gasteiger partial charge in [0.15, 0.2) is 0 Å². The predicted molar refractivity (Wildman–Crippen MR) is 61.4 cm³/mol. The predicted octanol–water partition coefficient (Wildman–Crippen LogP) is 2.39. The lowest BCUT2D eigenvalue weighted by atomic mass is 10.1. The molecule has 1 atom stereocenters. The number of nitrogens with two attached hydrogens (primary N) is 1. The summed E-state index contributed by atoms with van der Waals surface area (Å²) >= 11 is 9.23. The molecule has 0 aromatic heterocycles. The van der Waals surface area contributed by atoms with Crippen LogP contribution in [0.4, 0.5) is 0 Å². The number of carbonyl (C=O) groups is 1. The van der Waals surface area contributed by atoms with Crippen molar-refractivity contribution in [2.45, 2.75) is 18.7 Å². The van der Waals surface area contributed by atoms with E-state index < -0.39 is 11.3 Å². The molecule has 0 heterocycles. The van der Waals surface area contributed by atoms with E-state index in [1.165, 1.54) is 0 Å². The molecule has 0 aliphatic rings. The average Bonchev–Trinajstić information content (AvgIpc) is 2.12. The van der Waals surface area contributed by atoms with Gasteiger partial charge in [-0.3, -0.25) is 4.79 Å². The van der Waals surface area contributed by atoms with Crippen molar-refractivity contribution in [3.63, 3.8) is 0 Å². The number of hydrogen-bond donors (Lipinski definition) is 1. The maximum absolute atomic E-state index is 10.8. The smallest absolute Gasteiger partial charge is 0.235 e. The summed E-state index contributed by atoms with van der Waals surface area (Å²) in [6.07, 6.45) is 0.457. The summed E-state index contributed by atoms with van der Waals surface area (Å²) in [5, 5.41) is -0.645. The Labute approximate surface area is 96.6 Å². The van der Waals surface area contributed by atoms with Crippen molar-refractivity contribution in [2.24, 2.45) is 5.73 Å². The van der Waals surface area contributed by atoms with Crippen molar-refractivity contribution < 1.29 is 4.79 Å². The first kappa shape index (κ1) is 11.5. The minimum absolute atomic E-state index is 0.457. The molecule has 1 aromatic rings. The molecule has 0 saturated carbocycles. The summed E-state index contributed by atoms with van der Waals surface area (Å²) in [5.74, 6) is -0.486. The van der Waals surface area contributed by atoms with E-state index in [0.29, 0.717) is 6.42 Å². The molecule has 1 rings (SSSR count). The molecule has 1 unspecified atom stereocenters. The van der Waals surface area contributed by atoms with Gasteiger partial charge in [-0.15, -0.1) is 11.6 Å². The van der Waals surface area contributed by atoms with E-state index in [9.17, 15) is 4.79 Å². The Balaban J connectivity index is 2.87. The third-order valence-electron chi connectivity index (χ3n) is 1.98. The molecule has 0 spiro atoms. The molecular weight excluding hydrogens is 265 g/mol. The number of benzene rings is 1. The number of alkyl halides is 1. The van der Waals surface area contributed by atoms with Crippen LogP contribution in [0, 0.1) is 6.92 Å². The highest BCUT2D eigenvalue weighted by Gasteiger charge is 2.14. The fourth-order valence-electron chi connectivity index (χ4n) is 1.16. The first-order valence-electron chi connectivity index (χ1n) is 4.19. The average molecular weight is 277 g/mol. The topological polar surface area (TPSA) is 43.1 Å². The van der Waals surface area contributed by atoms with Crippen LogP contribution in [0.3, 0.4) is 0 Å². The monoisotopic (exact) mass is 275 g/mol. The van der Waals surface area contributed by atoms with Crippen LogP contribution in [0.25, 0.3) is 0 Å². The highest BCUT2D eigenvalue weighted by atomic mass is 79.9. The van der Waals surface area contributed by atoms with Gasteiger partial charge < -0.3 is 5.73 Å². The number of hydrogen-bond acceptors (Lipinski definition) is 1. The van der Waals surface area contributed by atoms with Crippen LogP contribution < -0.4 is 5.73 Å². The third-order valence-corrected chi connectivity index (χ3v) is 3.48. The Kier molecular flexibility index (Phi) is 3.96. The number of amides is 1. The molecular formula is C10H11BrClNO. The first-order valence-corrected chi connectivity index (χ1v) is 5.42. The summed E-state index contributed by atoms with van der Waals surface area (Å²) in [6.45, 7) is 1.99. The second kappa shape index (κ2) is 4.80. The fourth-order valence-corrected chi connectivity index (χ4v) is 1.75. The number of rotatable bonds is 3. The first-order chi connectivity index (χ1) is 6.52. The van der Waals surface area contributed by atoms with Crippen molar-refractivity contribution in [1.29, 1.82) is 0 Å². The van der Waals surface area contributed by atoms with Gasteiger partial charge in [0, 0.05) is 4.47 Å². The Morgan fingerprint density at radius 3 is 2.86 bits per heavy atom. The van der Waals surface area contributed by atoms with E-state index >= 15 is 0 Å². The number of aryl methyl sites for hydroxylation is 1. The summed E-state index contributed by atoms with van der Waals surface area (Å²) in [4.78, 5) is 10.8. The van der Waals surface area contributed by atoms with Crippen LogP contribution in [0.1, 0.15) is 11.1 Å². The molecule has 2 nitrogen and oxygen atoms in total. The molecule has 0 aliphatic carbocycles. The summed E-state index contributed by atoms with van der Waals surface area (Å²) < 4.78 is 0.993. The summed E-state index contributed by atoms with van der Waals surface area (Å²) in [7, 11) is 0. The van der Waals surface area contributed by atoms with Crippen LogP contribution in [-0.2, 0) is 11.2 Å². The maximum Gasteiger partial charge on any atom is 0.235 e. The van der Waals surface area contributed by atoms with Crippen molar-refractivity contribution >= 4 is 33.4 Å². The van der Waals surface area contributed by atoms with Gasteiger partial charge in [0.05, 0.1) is 0 Å². The van der Waals surface area contributed by atoms with Gasteiger partial charge in [-0.2, -0.15) is 0 Å². The van der Waals surface area contributed by atoms with Crippen LogP contribution in [0.5, 0.6) is 0 Å². The van der Waals surface area contributed by atoms with Crippen molar-refractivity contribution in [3.8, 4) is 0 Å². The highest BCUT2D eigenvalue weighted by Crippen LogP contribution is 2.23. The molecule has 14 heavy (non-hydrogen) atoms. The zero-order valence-electron chi connectivity index (χ0n) is 7.76. The molecule has 76 valence electrons. The maximum atomic E-state index is 10.8. The number of carbonyl (C=O) groups excluding carboxylic acids is 1. The van der Waals surface area contributed by atoms with Gasteiger partial charge >= 0.3 is 0 Å². The molecule has 1 aromatic carbocycles. The van der Waals surface area contributed by atoms with Gasteiger partial charge in [-0.1, -0.05) is 34.1 Å². The highest BCUT2D eigenvalue weighted by molar-refractivity contribution is 9.10. The van der Waals surface area contributed by atoms with E-state index in [2.05, 4.69) is 15.9 Å². The lowest BCUT2D eigenvalue weighted by Crippen LogP contribution is -2.25. The molecule has 0 aliphatic heterocycles. The van der Waals surface area contributed by atoms with Gasteiger partial charge in [0.2, 0.25) is 5.91 Å². The fraction of sp³-hybridized carbons (Fsp3) is 0.300. The molecule has 0 saturated heterocycles. The molecule has 1 amide bonds. The van der Waals surface area contributed by atoms with E-state index in [1.807, 2.05) is 25.1 Å². The van der Waals surface area contributed by atoms with E-state index in [4.69, 9.17) is 17.3 Å². The van der Waals surface area contributed by atoms with Gasteiger partial charge in [-0.05, 0) is 24.5 Å². The SMILES string of the molecule is Cc1cccc(CC(Cl)C(N)=O)c1Br. The zero-order chi connectivity index (χ0) is 10.7. The Hall–Kier alpha value is -0.540. The van der Waals surface area contributed by atoms with Crippen LogP contribution in [0.2, 0.25) is 0 Å². The summed E-state index contributed by atoms with van der Waals surface area (Å²) in [6, 6.07) is 5.84. The van der Waals surface area contributed by atoms with Crippen molar-refractivity contribution in [3.05, 3.63) is 33.8 Å². The van der Waals surface area contributed by atoms with E-state index in [0.717, 1.165) is 15.6 Å². The van der Waals surface area contributed by atoms with Crippen molar-refractivity contribution in [2.75, 3.05) is 0 Å². The quantitative estimate of drug-likeness (QED) is 0.847. The molecule has 0 fully saturated rings. The van der Waals surface area contributed by atoms with E-state index in [-0.39, 0.29) is 0 Å². The molecule has 4 heteroatoms. The van der Waals surface area contributed by atoms with Crippen molar-refractivity contribution in [1.82, 2.24) is 0 Å². The minimum atomic E-state index is -0.645. The Bertz CT molecular complexity index is 354. The lowest BCUT2D eigenvalue weighted by molar-refractivity contribution is -0.117. The Morgan fingerprint density at radius 1 is 1.64 bits per heavy atom. The molecule has 2 N–H and O–H groups in total. The van der Waals surface area contributed by atoms with Gasteiger partial charge in [-0.25, -0.2) is 0 Å². The van der Waals surface area contributed by atoms with E-state index in [1.54, 1.807) is 0 Å². The number of halogens is 2. The number of primary amides is 1. The van der Waals surface area contributed by atoms with Crippen LogP contribution in [-0.4, -0.2) is 11.3 Å². The van der Waals surface area contributed by atoms with Crippen LogP contribution >= 0.6 is 27.5 Å². The largest absolute Gasteiger partial charge is 0.368 e. The standard InChI is InChI=1S/C10H11BrClNO/c1-6-3-2-4-7(9(6)11)5-8(12)10(13)14/h2-4,8H,5H2,1H3,(H2,13,14). The molecule has 0 bridgehead atoms. The second-order valence-electron chi connectivity index (χ2n) is 3.12. The Morgan fingerprint density at radius 2 is 2.29 bits per heavy atom. The van der Waals surface area contributed by atoms with Crippen LogP contribution in [0.15, 0.2) is 22.7 Å². The minimum Gasteiger partial charge on any atom is -0.368 e.